The van der Waals surface area contributed by atoms with E-state index in [9.17, 15) is 18.0 Å². The van der Waals surface area contributed by atoms with E-state index in [2.05, 4.69) is 4.98 Å². The van der Waals surface area contributed by atoms with Crippen LogP contribution in [-0.2, 0) is 6.18 Å². The van der Waals surface area contributed by atoms with Crippen molar-refractivity contribution in [3.8, 4) is 11.1 Å². The summed E-state index contributed by atoms with van der Waals surface area (Å²) in [7, 11) is 0. The number of halogens is 3. The van der Waals surface area contributed by atoms with Gasteiger partial charge in [-0.05, 0) is 29.8 Å². The van der Waals surface area contributed by atoms with Gasteiger partial charge in [0.1, 0.15) is 5.82 Å². The first-order valence-corrected chi connectivity index (χ1v) is 9.65. The Morgan fingerprint density at radius 2 is 1.47 bits per heavy atom. The Morgan fingerprint density at radius 3 is 2.10 bits per heavy atom. The molecule has 154 valence electrons. The van der Waals surface area contributed by atoms with E-state index in [1.807, 2.05) is 53.6 Å². The van der Waals surface area contributed by atoms with Gasteiger partial charge in [-0.1, -0.05) is 42.5 Å². The molecule has 0 aliphatic carbocycles. The summed E-state index contributed by atoms with van der Waals surface area (Å²) in [5.41, 5.74) is 0.895. The summed E-state index contributed by atoms with van der Waals surface area (Å²) >= 11 is 0. The Morgan fingerprint density at radius 1 is 0.800 bits per heavy atom. The highest BCUT2D eigenvalue weighted by molar-refractivity contribution is 5.96. The molecule has 3 aromatic rings. The summed E-state index contributed by atoms with van der Waals surface area (Å²) in [6, 6.07) is 18.8. The van der Waals surface area contributed by atoms with Crippen LogP contribution in [0.25, 0.3) is 11.1 Å². The van der Waals surface area contributed by atoms with Crippen LogP contribution >= 0.6 is 0 Å². The molecule has 1 aliphatic heterocycles. The van der Waals surface area contributed by atoms with E-state index in [1.165, 1.54) is 23.1 Å². The molecular formula is C23H20F3N3O. The second-order valence-corrected chi connectivity index (χ2v) is 7.09. The molecule has 7 heteroatoms. The summed E-state index contributed by atoms with van der Waals surface area (Å²) in [5.74, 6) is 0.201. The van der Waals surface area contributed by atoms with Crippen molar-refractivity contribution >= 4 is 11.7 Å². The van der Waals surface area contributed by atoms with E-state index >= 15 is 0 Å². The van der Waals surface area contributed by atoms with E-state index in [0.29, 0.717) is 26.2 Å². The smallest absolute Gasteiger partial charge is 0.353 e. The van der Waals surface area contributed by atoms with Gasteiger partial charge in [0.15, 0.2) is 0 Å². The fourth-order valence-electron chi connectivity index (χ4n) is 3.60. The zero-order chi connectivity index (χ0) is 21.1. The Labute approximate surface area is 172 Å². The topological polar surface area (TPSA) is 36.4 Å². The molecule has 0 spiro atoms. The van der Waals surface area contributed by atoms with Crippen LogP contribution in [0.1, 0.15) is 15.9 Å². The molecule has 0 saturated carbocycles. The van der Waals surface area contributed by atoms with Crippen LogP contribution < -0.4 is 4.90 Å². The molecule has 1 aliphatic rings. The van der Waals surface area contributed by atoms with Gasteiger partial charge in [0.2, 0.25) is 0 Å². The minimum absolute atomic E-state index is 0.302. The Hall–Kier alpha value is -3.35. The standard InChI is InChI=1S/C23H20F3N3O/c24-23(25,26)20-9-5-4-8-19(20)22(30)29-14-12-28(13-15-29)21-11-10-18(16-27-21)17-6-2-1-3-7-17/h1-11,16H,12-15H2. The zero-order valence-electron chi connectivity index (χ0n) is 16.1. The third-order valence-electron chi connectivity index (χ3n) is 5.21. The quantitative estimate of drug-likeness (QED) is 0.625. The van der Waals surface area contributed by atoms with Crippen molar-refractivity contribution in [3.63, 3.8) is 0 Å². The van der Waals surface area contributed by atoms with Gasteiger partial charge in [-0.25, -0.2) is 4.98 Å². The number of hydrogen-bond donors (Lipinski definition) is 0. The monoisotopic (exact) mass is 411 g/mol. The molecule has 1 aromatic heterocycles. The third-order valence-corrected chi connectivity index (χ3v) is 5.21. The molecular weight excluding hydrogens is 391 g/mol. The van der Waals surface area contributed by atoms with Crippen molar-refractivity contribution in [2.75, 3.05) is 31.1 Å². The van der Waals surface area contributed by atoms with Gasteiger partial charge < -0.3 is 9.80 Å². The van der Waals surface area contributed by atoms with E-state index in [1.54, 1.807) is 0 Å². The largest absolute Gasteiger partial charge is 0.417 e. The van der Waals surface area contributed by atoms with E-state index in [-0.39, 0.29) is 5.56 Å². The molecule has 4 rings (SSSR count). The maximum atomic E-state index is 13.2. The van der Waals surface area contributed by atoms with Crippen LogP contribution in [-0.4, -0.2) is 42.0 Å². The van der Waals surface area contributed by atoms with Crippen molar-refractivity contribution in [2.24, 2.45) is 0 Å². The minimum Gasteiger partial charge on any atom is -0.353 e. The number of benzene rings is 2. The van der Waals surface area contributed by atoms with Crippen LogP contribution in [0.15, 0.2) is 72.9 Å². The van der Waals surface area contributed by atoms with Crippen LogP contribution in [0.5, 0.6) is 0 Å². The van der Waals surface area contributed by atoms with Gasteiger partial charge in [-0.2, -0.15) is 13.2 Å². The number of alkyl halides is 3. The first-order valence-electron chi connectivity index (χ1n) is 9.65. The van der Waals surface area contributed by atoms with Gasteiger partial charge in [-0.3, -0.25) is 4.79 Å². The van der Waals surface area contributed by atoms with Crippen LogP contribution in [0.2, 0.25) is 0 Å². The predicted octanol–water partition coefficient (Wildman–Crippen LogP) is 4.73. The lowest BCUT2D eigenvalue weighted by atomic mass is 10.1. The molecule has 1 fully saturated rings. The summed E-state index contributed by atoms with van der Waals surface area (Å²) in [6.07, 6.45) is -2.75. The SMILES string of the molecule is O=C(c1ccccc1C(F)(F)F)N1CCN(c2ccc(-c3ccccc3)cn2)CC1. The fourth-order valence-corrected chi connectivity index (χ4v) is 3.60. The maximum absolute atomic E-state index is 13.2. The van der Waals surface area contributed by atoms with Crippen molar-refractivity contribution in [3.05, 3.63) is 84.1 Å². The first-order chi connectivity index (χ1) is 14.4. The lowest BCUT2D eigenvalue weighted by Gasteiger charge is -2.35. The molecule has 2 aromatic carbocycles. The van der Waals surface area contributed by atoms with Crippen molar-refractivity contribution < 1.29 is 18.0 Å². The molecule has 0 N–H and O–H groups in total. The normalized spacial score (nSPS) is 14.6. The third kappa shape index (κ3) is 4.15. The average Bonchev–Trinajstić information content (AvgIpc) is 2.79. The van der Waals surface area contributed by atoms with Crippen molar-refractivity contribution in [2.45, 2.75) is 6.18 Å². The van der Waals surface area contributed by atoms with Gasteiger partial charge in [0, 0.05) is 37.9 Å². The summed E-state index contributed by atoms with van der Waals surface area (Å²) in [6.45, 7) is 1.70. The summed E-state index contributed by atoms with van der Waals surface area (Å²) in [4.78, 5) is 20.7. The van der Waals surface area contributed by atoms with E-state index in [0.717, 1.165) is 23.0 Å². The average molecular weight is 411 g/mol. The Kier molecular flexibility index (Phi) is 5.44. The number of nitrogens with zero attached hydrogens (tertiary/aromatic N) is 3. The minimum atomic E-state index is -4.56. The zero-order valence-corrected chi connectivity index (χ0v) is 16.1. The first kappa shape index (κ1) is 19.9. The van der Waals surface area contributed by atoms with Crippen molar-refractivity contribution in [1.82, 2.24) is 9.88 Å². The molecule has 0 radical (unpaired) electrons. The molecule has 4 nitrogen and oxygen atoms in total. The van der Waals surface area contributed by atoms with Crippen LogP contribution in [0.3, 0.4) is 0 Å². The number of pyridine rings is 1. The number of amides is 1. The highest BCUT2D eigenvalue weighted by Gasteiger charge is 2.36. The number of rotatable bonds is 3. The fraction of sp³-hybridized carbons (Fsp3) is 0.217. The summed E-state index contributed by atoms with van der Waals surface area (Å²) < 4.78 is 39.7. The lowest BCUT2D eigenvalue weighted by Crippen LogP contribution is -2.49. The van der Waals surface area contributed by atoms with Crippen molar-refractivity contribution in [1.29, 1.82) is 0 Å². The number of piperazine rings is 1. The van der Waals surface area contributed by atoms with E-state index in [4.69, 9.17) is 0 Å². The molecule has 30 heavy (non-hydrogen) atoms. The van der Waals surface area contributed by atoms with Gasteiger partial charge >= 0.3 is 6.18 Å². The molecule has 2 heterocycles. The molecule has 1 saturated heterocycles. The van der Waals surface area contributed by atoms with Gasteiger partial charge in [0.05, 0.1) is 11.1 Å². The number of hydrogen-bond acceptors (Lipinski definition) is 3. The van der Waals surface area contributed by atoms with E-state index < -0.39 is 17.6 Å². The number of carbonyl (C=O) groups excluding carboxylic acids is 1. The Bertz CT molecular complexity index is 1010. The highest BCUT2D eigenvalue weighted by atomic mass is 19.4. The second kappa shape index (κ2) is 8.18. The van der Waals surface area contributed by atoms with Crippen LogP contribution in [0, 0.1) is 0 Å². The van der Waals surface area contributed by atoms with Gasteiger partial charge in [0.25, 0.3) is 5.91 Å². The number of aromatic nitrogens is 1. The molecule has 0 atom stereocenters. The number of carbonyl (C=O) groups is 1. The molecule has 0 bridgehead atoms. The Balaban J connectivity index is 1.43. The maximum Gasteiger partial charge on any atom is 0.417 e. The molecule has 1 amide bonds. The number of anilines is 1. The summed E-state index contributed by atoms with van der Waals surface area (Å²) in [5, 5.41) is 0. The van der Waals surface area contributed by atoms with Crippen LogP contribution in [0.4, 0.5) is 19.0 Å². The van der Waals surface area contributed by atoms with Gasteiger partial charge in [-0.15, -0.1) is 0 Å². The molecule has 0 unspecified atom stereocenters. The highest BCUT2D eigenvalue weighted by Crippen LogP contribution is 2.32. The lowest BCUT2D eigenvalue weighted by molar-refractivity contribution is -0.138. The predicted molar refractivity (Wildman–Crippen MR) is 109 cm³/mol. The second-order valence-electron chi connectivity index (χ2n) is 7.09.